The Bertz CT molecular complexity index is 1300. The van der Waals surface area contributed by atoms with Crippen LogP contribution in [0.1, 0.15) is 50.1 Å². The zero-order valence-corrected chi connectivity index (χ0v) is 18.8. The molecular weight excluding hydrogens is 456 g/mol. The number of carbonyl (C=O) groups excluding carboxylic acids is 1. The number of rotatable bonds is 6. The van der Waals surface area contributed by atoms with Gasteiger partial charge in [-0.25, -0.2) is 27.2 Å². The SMILES string of the molecule is CC(=O)Nc1cc(Nc2ccc([C@@H]3CCCCO3)cc2S(C)(=O)=O)c2nc(C(F)F)[nH]c2n1. The molecule has 3 aromatic rings. The monoisotopic (exact) mass is 479 g/mol. The van der Waals surface area contributed by atoms with E-state index in [1.54, 1.807) is 18.2 Å². The molecule has 12 heteroatoms. The quantitative estimate of drug-likeness (QED) is 0.483. The molecule has 0 unspecified atom stereocenters. The van der Waals surface area contributed by atoms with Crippen molar-refractivity contribution < 1.29 is 26.7 Å². The predicted molar refractivity (Wildman–Crippen MR) is 119 cm³/mol. The summed E-state index contributed by atoms with van der Waals surface area (Å²) in [4.78, 5) is 22.0. The number of carbonyl (C=O) groups is 1. The van der Waals surface area contributed by atoms with Crippen LogP contribution in [-0.4, -0.2) is 42.1 Å². The number of benzene rings is 1. The molecule has 0 radical (unpaired) electrons. The first-order valence-corrected chi connectivity index (χ1v) is 12.2. The van der Waals surface area contributed by atoms with Crippen molar-refractivity contribution in [2.75, 3.05) is 23.5 Å². The number of alkyl halides is 2. The van der Waals surface area contributed by atoms with Crippen LogP contribution in [0.4, 0.5) is 26.0 Å². The van der Waals surface area contributed by atoms with Gasteiger partial charge in [0, 0.05) is 25.9 Å². The lowest BCUT2D eigenvalue weighted by Gasteiger charge is -2.24. The van der Waals surface area contributed by atoms with Crippen LogP contribution in [0, 0.1) is 0 Å². The number of imidazole rings is 1. The number of fused-ring (bicyclic) bond motifs is 1. The molecule has 0 aliphatic carbocycles. The highest BCUT2D eigenvalue weighted by Crippen LogP contribution is 2.35. The summed E-state index contributed by atoms with van der Waals surface area (Å²) >= 11 is 0. The molecule has 1 aliphatic rings. The van der Waals surface area contributed by atoms with Crippen LogP contribution < -0.4 is 10.6 Å². The predicted octanol–water partition coefficient (Wildman–Crippen LogP) is 4.24. The second-order valence-electron chi connectivity index (χ2n) is 7.86. The maximum absolute atomic E-state index is 13.2. The minimum atomic E-state index is -3.66. The van der Waals surface area contributed by atoms with Crippen molar-refractivity contribution in [1.29, 1.82) is 0 Å². The number of aromatic amines is 1. The Morgan fingerprint density at radius 2 is 2.00 bits per heavy atom. The second kappa shape index (κ2) is 9.02. The molecule has 2 aromatic heterocycles. The average Bonchev–Trinajstić information content (AvgIpc) is 3.18. The van der Waals surface area contributed by atoms with Gasteiger partial charge < -0.3 is 20.4 Å². The first kappa shape index (κ1) is 23.1. The van der Waals surface area contributed by atoms with E-state index in [1.807, 2.05) is 0 Å². The van der Waals surface area contributed by atoms with Gasteiger partial charge in [0.2, 0.25) is 5.91 Å². The fourth-order valence-corrected chi connectivity index (χ4v) is 4.62. The Labute approximate surface area is 188 Å². The van der Waals surface area contributed by atoms with Crippen LogP contribution in [-0.2, 0) is 19.4 Å². The van der Waals surface area contributed by atoms with E-state index in [2.05, 4.69) is 25.6 Å². The summed E-state index contributed by atoms with van der Waals surface area (Å²) in [5.41, 5.74) is 1.29. The van der Waals surface area contributed by atoms with E-state index >= 15 is 0 Å². The molecule has 0 spiro atoms. The van der Waals surface area contributed by atoms with Crippen molar-refractivity contribution in [3.05, 3.63) is 35.7 Å². The Hall–Kier alpha value is -3.12. The molecule has 1 aromatic carbocycles. The largest absolute Gasteiger partial charge is 0.374 e. The number of hydrogen-bond acceptors (Lipinski definition) is 7. The zero-order chi connectivity index (χ0) is 23.8. The van der Waals surface area contributed by atoms with Gasteiger partial charge in [-0.15, -0.1) is 0 Å². The Balaban J connectivity index is 1.80. The van der Waals surface area contributed by atoms with E-state index in [9.17, 15) is 22.0 Å². The third kappa shape index (κ3) is 5.11. The summed E-state index contributed by atoms with van der Waals surface area (Å²) < 4.78 is 57.4. The molecule has 1 saturated heterocycles. The van der Waals surface area contributed by atoms with E-state index in [4.69, 9.17) is 4.74 Å². The molecule has 33 heavy (non-hydrogen) atoms. The summed E-state index contributed by atoms with van der Waals surface area (Å²) in [6.45, 7) is 1.90. The molecule has 1 aliphatic heterocycles. The maximum atomic E-state index is 13.2. The van der Waals surface area contributed by atoms with Gasteiger partial charge in [-0.2, -0.15) is 0 Å². The van der Waals surface area contributed by atoms with E-state index < -0.39 is 28.0 Å². The summed E-state index contributed by atoms with van der Waals surface area (Å²) in [6, 6.07) is 6.35. The number of H-pyrrole nitrogens is 1. The number of anilines is 3. The van der Waals surface area contributed by atoms with Crippen LogP contribution in [0.25, 0.3) is 11.2 Å². The van der Waals surface area contributed by atoms with Gasteiger partial charge in [-0.3, -0.25) is 4.79 Å². The highest BCUT2D eigenvalue weighted by molar-refractivity contribution is 7.90. The molecule has 4 rings (SSSR count). The molecule has 3 N–H and O–H groups in total. The normalized spacial score (nSPS) is 16.8. The zero-order valence-electron chi connectivity index (χ0n) is 18.0. The topological polar surface area (TPSA) is 126 Å². The Kier molecular flexibility index (Phi) is 6.30. The standard InChI is InChI=1S/C21H23F2N5O4S/c1-11(29)24-17-10-14(18-20(26-17)28-21(27-18)19(22)23)25-13-7-6-12(9-16(13)33(2,30)31)15-5-3-4-8-32-15/h6-7,9-10,15,19H,3-5,8H2,1-2H3,(H3,24,25,26,27,28,29)/t15-/m0/s1. The van der Waals surface area contributed by atoms with Gasteiger partial charge >= 0.3 is 0 Å². The van der Waals surface area contributed by atoms with Crippen LogP contribution in [0.2, 0.25) is 0 Å². The lowest BCUT2D eigenvalue weighted by atomic mass is 10.0. The van der Waals surface area contributed by atoms with Gasteiger partial charge in [0.1, 0.15) is 11.3 Å². The summed E-state index contributed by atoms with van der Waals surface area (Å²) in [5.74, 6) is -0.904. The number of nitrogens with one attached hydrogen (secondary N) is 3. The molecule has 1 amide bonds. The molecule has 1 fully saturated rings. The number of sulfone groups is 1. The van der Waals surface area contributed by atoms with Gasteiger partial charge in [0.05, 0.1) is 22.4 Å². The van der Waals surface area contributed by atoms with Crippen LogP contribution in [0.3, 0.4) is 0 Å². The van der Waals surface area contributed by atoms with E-state index in [-0.39, 0.29) is 39.4 Å². The van der Waals surface area contributed by atoms with Crippen molar-refractivity contribution >= 4 is 44.1 Å². The molecule has 0 saturated carbocycles. The van der Waals surface area contributed by atoms with Crippen LogP contribution >= 0.6 is 0 Å². The second-order valence-corrected chi connectivity index (χ2v) is 9.85. The number of pyridine rings is 1. The molecule has 176 valence electrons. The molecule has 0 bridgehead atoms. The van der Waals surface area contributed by atoms with Gasteiger partial charge in [0.25, 0.3) is 6.43 Å². The number of nitrogens with zero attached hydrogens (tertiary/aromatic N) is 2. The van der Waals surface area contributed by atoms with Gasteiger partial charge in [-0.05, 0) is 37.0 Å². The first-order valence-electron chi connectivity index (χ1n) is 10.3. The van der Waals surface area contributed by atoms with Crippen molar-refractivity contribution in [2.45, 2.75) is 43.6 Å². The Morgan fingerprint density at radius 1 is 1.21 bits per heavy atom. The molecular formula is C21H23F2N5O4S. The van der Waals surface area contributed by atoms with Crippen molar-refractivity contribution in [3.8, 4) is 0 Å². The number of halogens is 2. The Morgan fingerprint density at radius 3 is 2.64 bits per heavy atom. The number of amides is 1. The minimum absolute atomic E-state index is 0.0205. The summed E-state index contributed by atoms with van der Waals surface area (Å²) in [7, 11) is -3.66. The van der Waals surface area contributed by atoms with Crippen LogP contribution in [0.15, 0.2) is 29.2 Å². The number of aromatic nitrogens is 3. The third-order valence-electron chi connectivity index (χ3n) is 5.21. The molecule has 9 nitrogen and oxygen atoms in total. The summed E-state index contributed by atoms with van der Waals surface area (Å²) in [6.07, 6.45) is 0.794. The lowest BCUT2D eigenvalue weighted by molar-refractivity contribution is -0.114. The summed E-state index contributed by atoms with van der Waals surface area (Å²) in [5, 5.41) is 5.48. The van der Waals surface area contributed by atoms with E-state index in [0.29, 0.717) is 6.61 Å². The minimum Gasteiger partial charge on any atom is -0.374 e. The smallest absolute Gasteiger partial charge is 0.295 e. The maximum Gasteiger partial charge on any atom is 0.295 e. The number of hydrogen-bond donors (Lipinski definition) is 3. The highest BCUT2D eigenvalue weighted by atomic mass is 32.2. The fraction of sp³-hybridized carbons (Fsp3) is 0.381. The fourth-order valence-electron chi connectivity index (χ4n) is 3.75. The third-order valence-corrected chi connectivity index (χ3v) is 6.34. The van der Waals surface area contributed by atoms with E-state index in [0.717, 1.165) is 31.1 Å². The lowest BCUT2D eigenvalue weighted by Crippen LogP contribution is -2.13. The van der Waals surface area contributed by atoms with Crippen LogP contribution in [0.5, 0.6) is 0 Å². The van der Waals surface area contributed by atoms with Gasteiger partial charge in [-0.1, -0.05) is 6.07 Å². The highest BCUT2D eigenvalue weighted by Gasteiger charge is 2.22. The van der Waals surface area contributed by atoms with Crippen molar-refractivity contribution in [3.63, 3.8) is 0 Å². The molecule has 3 heterocycles. The number of ether oxygens (including phenoxy) is 1. The first-order chi connectivity index (χ1) is 15.6. The van der Waals surface area contributed by atoms with Crippen molar-refractivity contribution in [1.82, 2.24) is 15.0 Å². The van der Waals surface area contributed by atoms with E-state index in [1.165, 1.54) is 13.0 Å². The average molecular weight is 480 g/mol. The van der Waals surface area contributed by atoms with Crippen molar-refractivity contribution in [2.24, 2.45) is 0 Å². The van der Waals surface area contributed by atoms with Gasteiger partial charge in [0.15, 0.2) is 21.3 Å². The molecule has 1 atom stereocenters.